The number of hydrogen-bond acceptors (Lipinski definition) is 2. The third-order valence-electron chi connectivity index (χ3n) is 3.19. The largest absolute Gasteiger partial charge is 0.401 e. The van der Waals surface area contributed by atoms with Gasteiger partial charge in [-0.25, -0.2) is 0 Å². The smallest absolute Gasteiger partial charge is 0.316 e. The first-order valence-corrected chi connectivity index (χ1v) is 5.04. The fourth-order valence-electron chi connectivity index (χ4n) is 2.51. The highest BCUT2D eigenvalue weighted by Crippen LogP contribution is 2.28. The van der Waals surface area contributed by atoms with E-state index in [0.717, 1.165) is 19.5 Å². The van der Waals surface area contributed by atoms with Crippen LogP contribution >= 0.6 is 0 Å². The molecule has 2 heterocycles. The fraction of sp³-hybridized carbons (Fsp3) is 1.00. The zero-order valence-corrected chi connectivity index (χ0v) is 7.98. The van der Waals surface area contributed by atoms with Crippen molar-refractivity contribution in [3.63, 3.8) is 0 Å². The minimum absolute atomic E-state index is 0.436. The Balaban J connectivity index is 1.85. The second-order valence-electron chi connectivity index (χ2n) is 4.32. The van der Waals surface area contributed by atoms with Crippen LogP contribution in [0, 0.1) is 11.8 Å². The number of nitrogens with one attached hydrogen (secondary N) is 1. The number of rotatable bonds is 1. The number of halogens is 3. The average Bonchev–Trinajstić information content (AvgIpc) is 2.47. The van der Waals surface area contributed by atoms with Crippen molar-refractivity contribution in [2.75, 3.05) is 32.7 Å². The lowest BCUT2D eigenvalue weighted by Crippen LogP contribution is -2.44. The van der Waals surface area contributed by atoms with Gasteiger partial charge in [-0.05, 0) is 37.9 Å². The molecule has 0 spiro atoms. The van der Waals surface area contributed by atoms with Crippen LogP contribution in [0.2, 0.25) is 0 Å². The maximum absolute atomic E-state index is 12.1. The maximum atomic E-state index is 12.1. The number of nitrogens with zero attached hydrogens (tertiary/aromatic N) is 1. The van der Waals surface area contributed by atoms with Crippen LogP contribution in [0.5, 0.6) is 0 Å². The van der Waals surface area contributed by atoms with Crippen LogP contribution in [0.15, 0.2) is 0 Å². The first-order chi connectivity index (χ1) is 6.54. The molecule has 14 heavy (non-hydrogen) atoms. The standard InChI is InChI=1S/C9H15F3N2/c10-9(11,12)6-14-2-1-7-3-13-4-8(7)5-14/h7-8,13H,1-6H2. The van der Waals surface area contributed by atoms with Gasteiger partial charge in [0.15, 0.2) is 0 Å². The molecule has 2 aliphatic rings. The van der Waals surface area contributed by atoms with E-state index >= 15 is 0 Å². The monoisotopic (exact) mass is 208 g/mol. The summed E-state index contributed by atoms with van der Waals surface area (Å²) in [6.45, 7) is 2.35. The van der Waals surface area contributed by atoms with E-state index in [1.54, 1.807) is 0 Å². The van der Waals surface area contributed by atoms with Crippen LogP contribution in [-0.4, -0.2) is 43.8 Å². The molecule has 0 amide bonds. The zero-order chi connectivity index (χ0) is 10.2. The summed E-state index contributed by atoms with van der Waals surface area (Å²) >= 11 is 0. The molecule has 5 heteroatoms. The molecule has 0 radical (unpaired) electrons. The summed E-state index contributed by atoms with van der Waals surface area (Å²) in [4.78, 5) is 1.54. The van der Waals surface area contributed by atoms with E-state index in [2.05, 4.69) is 5.32 Å². The summed E-state index contributed by atoms with van der Waals surface area (Å²) in [6, 6.07) is 0. The van der Waals surface area contributed by atoms with Crippen molar-refractivity contribution in [2.45, 2.75) is 12.6 Å². The van der Waals surface area contributed by atoms with Crippen LogP contribution in [0.25, 0.3) is 0 Å². The summed E-state index contributed by atoms with van der Waals surface area (Å²) in [7, 11) is 0. The highest BCUT2D eigenvalue weighted by Gasteiger charge is 2.37. The Hall–Kier alpha value is -0.290. The van der Waals surface area contributed by atoms with Gasteiger partial charge in [-0.2, -0.15) is 13.2 Å². The second kappa shape index (κ2) is 3.70. The van der Waals surface area contributed by atoms with Crippen LogP contribution < -0.4 is 5.32 Å². The maximum Gasteiger partial charge on any atom is 0.401 e. The lowest BCUT2D eigenvalue weighted by atomic mass is 9.89. The fourth-order valence-corrected chi connectivity index (χ4v) is 2.51. The van der Waals surface area contributed by atoms with Gasteiger partial charge in [0.25, 0.3) is 0 Å². The highest BCUT2D eigenvalue weighted by molar-refractivity contribution is 4.88. The number of piperidine rings is 1. The van der Waals surface area contributed by atoms with E-state index in [0.29, 0.717) is 24.9 Å². The molecule has 2 nitrogen and oxygen atoms in total. The van der Waals surface area contributed by atoms with E-state index in [9.17, 15) is 13.2 Å². The predicted octanol–water partition coefficient (Wildman–Crippen LogP) is 1.09. The second-order valence-corrected chi connectivity index (χ2v) is 4.32. The molecule has 2 atom stereocenters. The van der Waals surface area contributed by atoms with Gasteiger partial charge in [-0.15, -0.1) is 0 Å². The molecule has 2 aliphatic heterocycles. The minimum atomic E-state index is -4.04. The van der Waals surface area contributed by atoms with Gasteiger partial charge >= 0.3 is 6.18 Å². The third-order valence-corrected chi connectivity index (χ3v) is 3.19. The molecule has 0 aromatic heterocycles. The molecule has 0 aromatic carbocycles. The molecular weight excluding hydrogens is 193 g/mol. The van der Waals surface area contributed by atoms with Gasteiger partial charge in [0.05, 0.1) is 6.54 Å². The van der Waals surface area contributed by atoms with Crippen molar-refractivity contribution in [1.82, 2.24) is 10.2 Å². The predicted molar refractivity (Wildman–Crippen MR) is 47.0 cm³/mol. The minimum Gasteiger partial charge on any atom is -0.316 e. The van der Waals surface area contributed by atoms with Gasteiger partial charge in [0.2, 0.25) is 0 Å². The Morgan fingerprint density at radius 3 is 2.64 bits per heavy atom. The summed E-state index contributed by atoms with van der Waals surface area (Å²) in [5, 5.41) is 3.24. The van der Waals surface area contributed by atoms with Crippen molar-refractivity contribution in [3.05, 3.63) is 0 Å². The number of alkyl halides is 3. The Labute approximate surface area is 81.5 Å². The van der Waals surface area contributed by atoms with E-state index in [1.165, 1.54) is 4.90 Å². The average molecular weight is 208 g/mol. The van der Waals surface area contributed by atoms with Crippen molar-refractivity contribution in [3.8, 4) is 0 Å². The van der Waals surface area contributed by atoms with E-state index in [1.807, 2.05) is 0 Å². The summed E-state index contributed by atoms with van der Waals surface area (Å²) in [5.41, 5.74) is 0. The van der Waals surface area contributed by atoms with Crippen LogP contribution in [0.4, 0.5) is 13.2 Å². The van der Waals surface area contributed by atoms with Crippen molar-refractivity contribution < 1.29 is 13.2 Å². The number of hydrogen-bond donors (Lipinski definition) is 1. The molecule has 2 rings (SSSR count). The molecule has 82 valence electrons. The third kappa shape index (κ3) is 2.39. The topological polar surface area (TPSA) is 15.3 Å². The van der Waals surface area contributed by atoms with Gasteiger partial charge in [0.1, 0.15) is 0 Å². The van der Waals surface area contributed by atoms with Gasteiger partial charge in [-0.1, -0.05) is 0 Å². The molecule has 1 N–H and O–H groups in total. The molecule has 2 fully saturated rings. The molecule has 0 saturated carbocycles. The van der Waals surface area contributed by atoms with Crippen LogP contribution in [0.1, 0.15) is 6.42 Å². The van der Waals surface area contributed by atoms with Gasteiger partial charge < -0.3 is 5.32 Å². The lowest BCUT2D eigenvalue weighted by Gasteiger charge is -2.34. The number of fused-ring (bicyclic) bond motifs is 1. The Bertz CT molecular complexity index is 205. The van der Waals surface area contributed by atoms with Crippen molar-refractivity contribution in [1.29, 1.82) is 0 Å². The summed E-state index contributed by atoms with van der Waals surface area (Å²) in [5.74, 6) is 1.05. The molecule has 2 unspecified atom stereocenters. The van der Waals surface area contributed by atoms with Gasteiger partial charge in [-0.3, -0.25) is 4.90 Å². The molecule has 0 aromatic rings. The Kier molecular flexibility index (Phi) is 2.70. The van der Waals surface area contributed by atoms with Crippen molar-refractivity contribution >= 4 is 0 Å². The first kappa shape index (κ1) is 10.2. The summed E-state index contributed by atoms with van der Waals surface area (Å²) in [6.07, 6.45) is -3.13. The quantitative estimate of drug-likeness (QED) is 0.694. The number of likely N-dealkylation sites (tertiary alicyclic amines) is 1. The first-order valence-electron chi connectivity index (χ1n) is 5.04. The molecular formula is C9H15F3N2. The molecule has 0 aliphatic carbocycles. The normalized spacial score (nSPS) is 34.5. The van der Waals surface area contributed by atoms with E-state index in [4.69, 9.17) is 0 Å². The lowest BCUT2D eigenvalue weighted by molar-refractivity contribution is -0.150. The van der Waals surface area contributed by atoms with Crippen LogP contribution in [-0.2, 0) is 0 Å². The van der Waals surface area contributed by atoms with Gasteiger partial charge in [0, 0.05) is 6.54 Å². The van der Waals surface area contributed by atoms with E-state index in [-0.39, 0.29) is 0 Å². The van der Waals surface area contributed by atoms with Crippen LogP contribution in [0.3, 0.4) is 0 Å². The summed E-state index contributed by atoms with van der Waals surface area (Å²) < 4.78 is 36.4. The highest BCUT2D eigenvalue weighted by atomic mass is 19.4. The Morgan fingerprint density at radius 1 is 1.21 bits per heavy atom. The Morgan fingerprint density at radius 2 is 1.93 bits per heavy atom. The van der Waals surface area contributed by atoms with Crippen molar-refractivity contribution in [2.24, 2.45) is 11.8 Å². The van der Waals surface area contributed by atoms with E-state index < -0.39 is 12.7 Å². The zero-order valence-electron chi connectivity index (χ0n) is 7.98. The molecule has 2 saturated heterocycles. The molecule has 0 bridgehead atoms. The SMILES string of the molecule is FC(F)(F)CN1CCC2CNCC2C1.